The van der Waals surface area contributed by atoms with Crippen molar-refractivity contribution < 1.29 is 0 Å². The highest BCUT2D eigenvalue weighted by Gasteiger charge is 2.32. The molecule has 38 heavy (non-hydrogen) atoms. The highest BCUT2D eigenvalue weighted by Crippen LogP contribution is 2.38. The van der Waals surface area contributed by atoms with Crippen LogP contribution in [0.15, 0.2) is 120 Å². The molecule has 0 saturated carbocycles. The Bertz CT molecular complexity index is 1150. The quantitative estimate of drug-likeness (QED) is 0.320. The average molecular weight is 505 g/mol. The van der Waals surface area contributed by atoms with Crippen molar-refractivity contribution in [2.24, 2.45) is 5.92 Å². The maximum absolute atomic E-state index is 2.83. The highest BCUT2D eigenvalue weighted by atomic mass is 15.2. The minimum atomic E-state index is 0.440. The predicted octanol–water partition coefficient (Wildman–Crippen LogP) is 8.64. The number of hydrogen-bond donors (Lipinski definition) is 0. The fourth-order valence-electron chi connectivity index (χ4n) is 7.22. The first kappa shape index (κ1) is 25.4. The van der Waals surface area contributed by atoms with Crippen LogP contribution in [0.4, 0.5) is 0 Å². The number of allylic oxidation sites excluding steroid dienone is 12. The van der Waals surface area contributed by atoms with Gasteiger partial charge in [-0.3, -0.25) is 4.90 Å². The van der Waals surface area contributed by atoms with Crippen LogP contribution >= 0.6 is 0 Å². The van der Waals surface area contributed by atoms with E-state index >= 15 is 0 Å². The van der Waals surface area contributed by atoms with Gasteiger partial charge < -0.3 is 4.90 Å². The van der Waals surface area contributed by atoms with E-state index in [0.717, 1.165) is 38.5 Å². The summed E-state index contributed by atoms with van der Waals surface area (Å²) in [5.74, 6) is 0.652. The van der Waals surface area contributed by atoms with E-state index in [1.54, 1.807) is 5.57 Å². The zero-order chi connectivity index (χ0) is 25.6. The summed E-state index contributed by atoms with van der Waals surface area (Å²) in [6, 6.07) is 2.14. The molecule has 6 rings (SSSR count). The molecule has 2 heteroatoms. The van der Waals surface area contributed by atoms with E-state index in [-0.39, 0.29) is 0 Å². The summed E-state index contributed by atoms with van der Waals surface area (Å²) in [6.07, 6.45) is 53.4. The molecule has 6 aliphatic carbocycles. The average Bonchev–Trinajstić information content (AvgIpc) is 3.00. The number of hydrogen-bond acceptors (Lipinski definition) is 2. The first-order chi connectivity index (χ1) is 18.9. The summed E-state index contributed by atoms with van der Waals surface area (Å²) in [5.41, 5.74) is 4.49. The topological polar surface area (TPSA) is 6.48 Å². The van der Waals surface area contributed by atoms with Gasteiger partial charge in [0.2, 0.25) is 0 Å². The van der Waals surface area contributed by atoms with Crippen LogP contribution in [0.25, 0.3) is 0 Å². The van der Waals surface area contributed by atoms with E-state index in [2.05, 4.69) is 113 Å². The summed E-state index contributed by atoms with van der Waals surface area (Å²) in [7, 11) is 0. The molecule has 0 spiro atoms. The minimum Gasteiger partial charge on any atom is -0.339 e. The fourth-order valence-corrected chi connectivity index (χ4v) is 7.22. The Morgan fingerprint density at radius 1 is 0.579 bits per heavy atom. The van der Waals surface area contributed by atoms with Crippen molar-refractivity contribution in [3.05, 3.63) is 120 Å². The van der Waals surface area contributed by atoms with Gasteiger partial charge in [0.05, 0.1) is 6.04 Å². The number of nitrogens with zero attached hydrogens (tertiary/aromatic N) is 2. The maximum Gasteiger partial charge on any atom is 0.0556 e. The molecule has 6 aliphatic rings. The zero-order valence-electron chi connectivity index (χ0n) is 22.9. The van der Waals surface area contributed by atoms with Gasteiger partial charge in [0.15, 0.2) is 0 Å². The molecule has 4 unspecified atom stereocenters. The van der Waals surface area contributed by atoms with Gasteiger partial charge in [-0.25, -0.2) is 0 Å². The third kappa shape index (κ3) is 5.76. The first-order valence-corrected chi connectivity index (χ1v) is 15.2. The van der Waals surface area contributed by atoms with Crippen LogP contribution in [0.3, 0.4) is 0 Å². The summed E-state index contributed by atoms with van der Waals surface area (Å²) in [5, 5.41) is 0. The van der Waals surface area contributed by atoms with E-state index < -0.39 is 0 Å². The van der Waals surface area contributed by atoms with Gasteiger partial charge in [0.25, 0.3) is 0 Å². The Hall–Kier alpha value is -2.84. The van der Waals surface area contributed by atoms with E-state index in [9.17, 15) is 0 Å². The smallest absolute Gasteiger partial charge is 0.0556 e. The number of rotatable bonds is 7. The Labute approximate surface area is 230 Å². The molecular formula is C36H44N2. The molecule has 0 saturated heterocycles. The minimum absolute atomic E-state index is 0.440. The monoisotopic (exact) mass is 504 g/mol. The van der Waals surface area contributed by atoms with Crippen molar-refractivity contribution in [3.8, 4) is 0 Å². The lowest BCUT2D eigenvalue weighted by atomic mass is 9.82. The molecule has 0 aromatic carbocycles. The molecule has 0 heterocycles. The molecule has 0 aromatic rings. The van der Waals surface area contributed by atoms with Gasteiger partial charge in [-0.2, -0.15) is 0 Å². The predicted molar refractivity (Wildman–Crippen MR) is 161 cm³/mol. The second kappa shape index (κ2) is 12.3. The van der Waals surface area contributed by atoms with Gasteiger partial charge >= 0.3 is 0 Å². The van der Waals surface area contributed by atoms with Crippen molar-refractivity contribution in [3.63, 3.8) is 0 Å². The van der Waals surface area contributed by atoms with E-state index in [0.29, 0.717) is 30.1 Å². The second-order valence-electron chi connectivity index (χ2n) is 11.6. The third-order valence-corrected chi connectivity index (χ3v) is 9.20. The lowest BCUT2D eigenvalue weighted by Crippen LogP contribution is -2.49. The van der Waals surface area contributed by atoms with Gasteiger partial charge in [-0.05, 0) is 88.2 Å². The lowest BCUT2D eigenvalue weighted by molar-refractivity contribution is 0.116. The van der Waals surface area contributed by atoms with Crippen molar-refractivity contribution >= 4 is 0 Å². The van der Waals surface area contributed by atoms with Crippen LogP contribution in [0.5, 0.6) is 0 Å². The summed E-state index contributed by atoms with van der Waals surface area (Å²) in [4.78, 5) is 5.47. The molecule has 0 N–H and O–H groups in total. The third-order valence-electron chi connectivity index (χ3n) is 9.20. The highest BCUT2D eigenvalue weighted by molar-refractivity contribution is 5.34. The molecule has 0 aromatic heterocycles. The summed E-state index contributed by atoms with van der Waals surface area (Å²) in [6.45, 7) is 0. The molecule has 2 nitrogen and oxygen atoms in total. The Morgan fingerprint density at radius 3 is 2.05 bits per heavy atom. The first-order valence-electron chi connectivity index (χ1n) is 15.2. The molecule has 0 fully saturated rings. The molecule has 0 aliphatic heterocycles. The van der Waals surface area contributed by atoms with Crippen LogP contribution in [-0.4, -0.2) is 34.0 Å². The molecule has 5 atom stereocenters. The molecule has 0 bridgehead atoms. The molecule has 0 radical (unpaired) electrons. The maximum atomic E-state index is 2.83. The van der Waals surface area contributed by atoms with Gasteiger partial charge in [0, 0.05) is 29.5 Å². The molecule has 0 amide bonds. The van der Waals surface area contributed by atoms with Crippen LogP contribution in [0.1, 0.15) is 70.6 Å². The van der Waals surface area contributed by atoms with Crippen LogP contribution in [0, 0.1) is 5.92 Å². The second-order valence-corrected chi connectivity index (χ2v) is 11.6. The van der Waals surface area contributed by atoms with E-state index in [1.165, 1.54) is 43.5 Å². The van der Waals surface area contributed by atoms with Crippen molar-refractivity contribution in [1.82, 2.24) is 9.80 Å². The zero-order valence-corrected chi connectivity index (χ0v) is 22.9. The normalized spacial score (nSPS) is 32.3. The molecule has 198 valence electrons. The Kier molecular flexibility index (Phi) is 8.26. The molecular weight excluding hydrogens is 460 g/mol. The fraction of sp³-hybridized carbons (Fsp3) is 0.444. The van der Waals surface area contributed by atoms with Crippen LogP contribution in [-0.2, 0) is 0 Å². The van der Waals surface area contributed by atoms with Gasteiger partial charge in [0.1, 0.15) is 0 Å². The Morgan fingerprint density at radius 2 is 1.42 bits per heavy atom. The van der Waals surface area contributed by atoms with Gasteiger partial charge in [-0.15, -0.1) is 0 Å². The summed E-state index contributed by atoms with van der Waals surface area (Å²) < 4.78 is 0. The lowest BCUT2D eigenvalue weighted by Gasteiger charge is -2.43. The van der Waals surface area contributed by atoms with Crippen LogP contribution < -0.4 is 0 Å². The van der Waals surface area contributed by atoms with E-state index in [4.69, 9.17) is 0 Å². The van der Waals surface area contributed by atoms with Crippen molar-refractivity contribution in [2.45, 2.75) is 94.8 Å². The largest absolute Gasteiger partial charge is 0.339 e. The van der Waals surface area contributed by atoms with E-state index in [1.807, 2.05) is 0 Å². The summed E-state index contributed by atoms with van der Waals surface area (Å²) >= 11 is 0. The SMILES string of the molecule is C1=CCC(N(C2=CCCC=C2)C2=CCC(C3=CC[C@@H](N(C4C=CC=CC4)C4CC=CCC4)C=C3)CC2)C=C1. The standard InChI is InChI=1S/C36H44N2/c1-5-13-31(14-6-1)37(32-15-7-2-8-16-32)35-25-21-29(22-26-35)30-23-27-36(28-24-30)38(33-17-9-3-10-18-33)34-19-11-4-12-20-34/h1-3,5-7,9-11,13,17,19-22,25,27,30-33,35H,4,8,12,14-16,18,23-24,26,28H2/t30?,31?,32?,33?,35-/m0/s1. The van der Waals surface area contributed by atoms with Crippen molar-refractivity contribution in [1.29, 1.82) is 0 Å². The van der Waals surface area contributed by atoms with Crippen molar-refractivity contribution in [2.75, 3.05) is 0 Å². The Balaban J connectivity index is 1.13. The van der Waals surface area contributed by atoms with Crippen LogP contribution in [0.2, 0.25) is 0 Å². The van der Waals surface area contributed by atoms with Gasteiger partial charge in [-0.1, -0.05) is 97.2 Å².